The van der Waals surface area contributed by atoms with E-state index in [1.807, 2.05) is 0 Å². The van der Waals surface area contributed by atoms with E-state index < -0.39 is 0 Å². The lowest BCUT2D eigenvalue weighted by Crippen LogP contribution is -2.34. The first-order valence-corrected chi connectivity index (χ1v) is 7.88. The molecule has 0 radical (unpaired) electrons. The number of rotatable bonds is 6. The molecule has 106 valence electrons. The van der Waals surface area contributed by atoms with Gasteiger partial charge in [0.2, 0.25) is 0 Å². The second kappa shape index (κ2) is 7.66. The normalized spacial score (nSPS) is 18.4. The average molecular weight is 260 g/mol. The third kappa shape index (κ3) is 4.05. The zero-order chi connectivity index (χ0) is 13.5. The van der Waals surface area contributed by atoms with E-state index in [-0.39, 0.29) is 0 Å². The van der Waals surface area contributed by atoms with Crippen molar-refractivity contribution in [1.82, 2.24) is 4.90 Å². The van der Waals surface area contributed by atoms with E-state index in [4.69, 9.17) is 5.73 Å². The van der Waals surface area contributed by atoms with E-state index in [1.54, 1.807) is 0 Å². The lowest BCUT2D eigenvalue weighted by Gasteiger charge is -2.35. The number of aryl methyl sites for hydroxylation is 1. The highest BCUT2D eigenvalue weighted by Gasteiger charge is 2.21. The van der Waals surface area contributed by atoms with Gasteiger partial charge in [0.15, 0.2) is 0 Å². The summed E-state index contributed by atoms with van der Waals surface area (Å²) in [6.45, 7) is 5.53. The van der Waals surface area contributed by atoms with Gasteiger partial charge in [-0.25, -0.2) is 0 Å². The van der Waals surface area contributed by atoms with Crippen molar-refractivity contribution < 1.29 is 0 Å². The topological polar surface area (TPSA) is 29.3 Å². The number of hydrogen-bond donors (Lipinski definition) is 1. The SMILES string of the molecule is CCc1ccc(C(CCCN)N2CCCCC2)cc1. The average Bonchev–Trinajstić information content (AvgIpc) is 2.49. The molecular formula is C17H28N2. The van der Waals surface area contributed by atoms with Crippen LogP contribution in [0.15, 0.2) is 24.3 Å². The molecule has 1 saturated heterocycles. The van der Waals surface area contributed by atoms with Gasteiger partial charge in [-0.2, -0.15) is 0 Å². The molecule has 0 bridgehead atoms. The first kappa shape index (κ1) is 14.5. The van der Waals surface area contributed by atoms with Gasteiger partial charge in [-0.3, -0.25) is 4.90 Å². The summed E-state index contributed by atoms with van der Waals surface area (Å²) in [6.07, 6.45) is 7.54. The van der Waals surface area contributed by atoms with Crippen molar-refractivity contribution in [1.29, 1.82) is 0 Å². The molecule has 1 aliphatic heterocycles. The molecule has 2 rings (SSSR count). The van der Waals surface area contributed by atoms with E-state index in [1.165, 1.54) is 49.9 Å². The molecule has 1 aromatic carbocycles. The van der Waals surface area contributed by atoms with E-state index in [0.29, 0.717) is 6.04 Å². The van der Waals surface area contributed by atoms with Crippen LogP contribution in [0.1, 0.15) is 56.2 Å². The highest BCUT2D eigenvalue weighted by atomic mass is 15.2. The van der Waals surface area contributed by atoms with Gasteiger partial charge in [-0.05, 0) is 62.9 Å². The highest BCUT2D eigenvalue weighted by Crippen LogP contribution is 2.28. The minimum Gasteiger partial charge on any atom is -0.330 e. The Morgan fingerprint density at radius 1 is 1.11 bits per heavy atom. The molecule has 2 N–H and O–H groups in total. The zero-order valence-electron chi connectivity index (χ0n) is 12.3. The number of likely N-dealkylation sites (tertiary alicyclic amines) is 1. The Morgan fingerprint density at radius 2 is 1.79 bits per heavy atom. The fraction of sp³-hybridized carbons (Fsp3) is 0.647. The largest absolute Gasteiger partial charge is 0.330 e. The van der Waals surface area contributed by atoms with Crippen LogP contribution in [0.5, 0.6) is 0 Å². The van der Waals surface area contributed by atoms with Gasteiger partial charge in [0.25, 0.3) is 0 Å². The molecule has 1 unspecified atom stereocenters. The minimum absolute atomic E-state index is 0.578. The van der Waals surface area contributed by atoms with Gasteiger partial charge in [-0.15, -0.1) is 0 Å². The maximum Gasteiger partial charge on any atom is 0.0348 e. The van der Waals surface area contributed by atoms with E-state index in [9.17, 15) is 0 Å². The summed E-state index contributed by atoms with van der Waals surface area (Å²) < 4.78 is 0. The fourth-order valence-corrected chi connectivity index (χ4v) is 3.08. The van der Waals surface area contributed by atoms with Crippen LogP contribution in [0.2, 0.25) is 0 Å². The van der Waals surface area contributed by atoms with Crippen molar-refractivity contribution in [3.8, 4) is 0 Å². The molecular weight excluding hydrogens is 232 g/mol. The Balaban J connectivity index is 2.10. The van der Waals surface area contributed by atoms with Crippen LogP contribution in [0, 0.1) is 0 Å². The Bertz CT molecular complexity index is 352. The molecule has 0 aromatic heterocycles. The van der Waals surface area contributed by atoms with E-state index >= 15 is 0 Å². The summed E-state index contributed by atoms with van der Waals surface area (Å²) in [5, 5.41) is 0. The van der Waals surface area contributed by atoms with Gasteiger partial charge >= 0.3 is 0 Å². The van der Waals surface area contributed by atoms with Gasteiger partial charge in [0, 0.05) is 6.04 Å². The molecule has 1 heterocycles. The second-order valence-corrected chi connectivity index (χ2v) is 5.64. The second-order valence-electron chi connectivity index (χ2n) is 5.64. The number of nitrogens with two attached hydrogens (primary N) is 1. The maximum atomic E-state index is 5.71. The molecule has 1 atom stereocenters. The third-order valence-corrected chi connectivity index (χ3v) is 4.29. The summed E-state index contributed by atoms with van der Waals surface area (Å²) in [5.41, 5.74) is 8.62. The van der Waals surface area contributed by atoms with Crippen LogP contribution in [-0.4, -0.2) is 24.5 Å². The van der Waals surface area contributed by atoms with Crippen molar-refractivity contribution in [2.75, 3.05) is 19.6 Å². The van der Waals surface area contributed by atoms with Crippen LogP contribution in [0.4, 0.5) is 0 Å². The highest BCUT2D eigenvalue weighted by molar-refractivity contribution is 5.25. The van der Waals surface area contributed by atoms with Gasteiger partial charge in [-0.1, -0.05) is 37.6 Å². The first-order chi connectivity index (χ1) is 9.35. The summed E-state index contributed by atoms with van der Waals surface area (Å²) in [6, 6.07) is 9.81. The van der Waals surface area contributed by atoms with Crippen molar-refractivity contribution in [3.63, 3.8) is 0 Å². The first-order valence-electron chi connectivity index (χ1n) is 7.88. The predicted octanol–water partition coefficient (Wildman–Crippen LogP) is 3.51. The molecule has 2 nitrogen and oxygen atoms in total. The Labute approximate surface area is 118 Å². The lowest BCUT2D eigenvalue weighted by atomic mass is 9.96. The minimum atomic E-state index is 0.578. The van der Waals surface area contributed by atoms with Crippen LogP contribution in [0.3, 0.4) is 0 Å². The molecule has 2 heteroatoms. The maximum absolute atomic E-state index is 5.71. The van der Waals surface area contributed by atoms with Crippen molar-refractivity contribution in [3.05, 3.63) is 35.4 Å². The van der Waals surface area contributed by atoms with Gasteiger partial charge < -0.3 is 5.73 Å². The summed E-state index contributed by atoms with van der Waals surface area (Å²) >= 11 is 0. The number of benzene rings is 1. The predicted molar refractivity (Wildman–Crippen MR) is 82.3 cm³/mol. The third-order valence-electron chi connectivity index (χ3n) is 4.29. The van der Waals surface area contributed by atoms with Crippen molar-refractivity contribution in [2.45, 2.75) is 51.5 Å². The monoisotopic (exact) mass is 260 g/mol. The Kier molecular flexibility index (Phi) is 5.87. The quantitative estimate of drug-likeness (QED) is 0.848. The molecule has 1 aliphatic rings. The molecule has 0 saturated carbocycles. The molecule has 1 fully saturated rings. The fourth-order valence-electron chi connectivity index (χ4n) is 3.08. The van der Waals surface area contributed by atoms with Gasteiger partial charge in [0.05, 0.1) is 0 Å². The Morgan fingerprint density at radius 3 is 2.37 bits per heavy atom. The standard InChI is InChI=1S/C17H28N2/c1-2-15-8-10-16(11-9-15)17(7-6-12-18)19-13-4-3-5-14-19/h8-11,17H,2-7,12-14,18H2,1H3. The molecule has 19 heavy (non-hydrogen) atoms. The molecule has 1 aromatic rings. The Hall–Kier alpha value is -0.860. The molecule has 0 aliphatic carbocycles. The smallest absolute Gasteiger partial charge is 0.0348 e. The summed E-state index contributed by atoms with van der Waals surface area (Å²) in [4.78, 5) is 2.67. The number of piperidine rings is 1. The number of hydrogen-bond acceptors (Lipinski definition) is 2. The van der Waals surface area contributed by atoms with Crippen molar-refractivity contribution >= 4 is 0 Å². The number of nitrogens with zero attached hydrogens (tertiary/aromatic N) is 1. The van der Waals surface area contributed by atoms with E-state index in [2.05, 4.69) is 36.1 Å². The zero-order valence-corrected chi connectivity index (χ0v) is 12.3. The van der Waals surface area contributed by atoms with Crippen LogP contribution >= 0.6 is 0 Å². The van der Waals surface area contributed by atoms with Crippen molar-refractivity contribution in [2.24, 2.45) is 5.73 Å². The summed E-state index contributed by atoms with van der Waals surface area (Å²) in [5.74, 6) is 0. The van der Waals surface area contributed by atoms with Gasteiger partial charge in [0.1, 0.15) is 0 Å². The van der Waals surface area contributed by atoms with Crippen LogP contribution in [0.25, 0.3) is 0 Å². The lowest BCUT2D eigenvalue weighted by molar-refractivity contribution is 0.154. The van der Waals surface area contributed by atoms with E-state index in [0.717, 1.165) is 19.4 Å². The summed E-state index contributed by atoms with van der Waals surface area (Å²) in [7, 11) is 0. The molecule has 0 spiro atoms. The van der Waals surface area contributed by atoms with Crippen LogP contribution in [-0.2, 0) is 6.42 Å². The van der Waals surface area contributed by atoms with Crippen LogP contribution < -0.4 is 5.73 Å². The molecule has 0 amide bonds.